The number of hydrogen-bond acceptors (Lipinski definition) is 5. The standard InChI is InChI=1S/C21H22ClNO4.ClH/c1-13(2)23-11-16(24)12-26-17-7-8-18-19(25)10-20(27-21(18)9-17)14-3-5-15(22)6-4-14;/h3-10,13,16,23-24H,11-12H2,1-2H3;1H. The number of ether oxygens (including phenoxy) is 1. The topological polar surface area (TPSA) is 71.7 Å². The maximum absolute atomic E-state index is 12.4. The summed E-state index contributed by atoms with van der Waals surface area (Å²) in [7, 11) is 0. The molecule has 150 valence electrons. The van der Waals surface area contributed by atoms with Crippen LogP contribution < -0.4 is 15.5 Å². The molecule has 0 saturated heterocycles. The largest absolute Gasteiger partial charge is 0.491 e. The van der Waals surface area contributed by atoms with E-state index in [1.165, 1.54) is 6.07 Å². The van der Waals surface area contributed by atoms with Crippen LogP contribution in [0.1, 0.15) is 13.8 Å². The average molecular weight is 424 g/mol. The third-order valence-electron chi connectivity index (χ3n) is 4.03. The Labute approximate surface area is 174 Å². The Bertz CT molecular complexity index is 970. The van der Waals surface area contributed by atoms with Crippen molar-refractivity contribution < 1.29 is 14.3 Å². The SMILES string of the molecule is CC(C)NCC(O)COc1ccc2c(=O)cc(-c3ccc(Cl)cc3)oc2c1.Cl. The highest BCUT2D eigenvalue weighted by Crippen LogP contribution is 2.26. The van der Waals surface area contributed by atoms with E-state index in [9.17, 15) is 9.90 Å². The monoisotopic (exact) mass is 423 g/mol. The van der Waals surface area contributed by atoms with Crippen LogP contribution in [0, 0.1) is 0 Å². The molecule has 0 aliphatic heterocycles. The lowest BCUT2D eigenvalue weighted by molar-refractivity contribution is 0.104. The Morgan fingerprint density at radius 3 is 2.54 bits per heavy atom. The molecule has 0 bridgehead atoms. The minimum absolute atomic E-state index is 0. The van der Waals surface area contributed by atoms with Crippen molar-refractivity contribution in [3.8, 4) is 17.1 Å². The molecule has 2 aromatic carbocycles. The lowest BCUT2D eigenvalue weighted by Gasteiger charge is -2.15. The van der Waals surface area contributed by atoms with Gasteiger partial charge in [-0.05, 0) is 36.4 Å². The third kappa shape index (κ3) is 5.72. The highest BCUT2D eigenvalue weighted by Gasteiger charge is 2.10. The highest BCUT2D eigenvalue weighted by atomic mass is 35.5. The van der Waals surface area contributed by atoms with Gasteiger partial charge in [0.1, 0.15) is 29.8 Å². The molecule has 1 unspecified atom stereocenters. The number of benzene rings is 2. The molecule has 0 aliphatic rings. The minimum atomic E-state index is -0.629. The van der Waals surface area contributed by atoms with E-state index in [4.69, 9.17) is 20.8 Å². The van der Waals surface area contributed by atoms with E-state index >= 15 is 0 Å². The molecule has 0 saturated carbocycles. The normalized spacial score (nSPS) is 12.0. The van der Waals surface area contributed by atoms with E-state index in [1.54, 1.807) is 42.5 Å². The van der Waals surface area contributed by atoms with Gasteiger partial charge in [-0.15, -0.1) is 12.4 Å². The summed E-state index contributed by atoms with van der Waals surface area (Å²) in [6.45, 7) is 4.61. The number of rotatable bonds is 7. The van der Waals surface area contributed by atoms with Gasteiger partial charge in [-0.2, -0.15) is 0 Å². The predicted molar refractivity (Wildman–Crippen MR) is 115 cm³/mol. The van der Waals surface area contributed by atoms with Crippen molar-refractivity contribution in [2.75, 3.05) is 13.2 Å². The Hall–Kier alpha value is -2.05. The van der Waals surface area contributed by atoms with Crippen LogP contribution in [0.3, 0.4) is 0 Å². The maximum Gasteiger partial charge on any atom is 0.193 e. The Morgan fingerprint density at radius 1 is 1.14 bits per heavy atom. The number of nitrogens with one attached hydrogen (secondary N) is 1. The van der Waals surface area contributed by atoms with Crippen LogP contribution in [0.5, 0.6) is 5.75 Å². The first-order valence-corrected chi connectivity index (χ1v) is 9.18. The van der Waals surface area contributed by atoms with Gasteiger partial charge in [0.05, 0.1) is 5.39 Å². The van der Waals surface area contributed by atoms with Gasteiger partial charge in [0, 0.05) is 35.3 Å². The zero-order chi connectivity index (χ0) is 19.4. The molecule has 0 radical (unpaired) electrons. The summed E-state index contributed by atoms with van der Waals surface area (Å²) in [5.74, 6) is 0.991. The van der Waals surface area contributed by atoms with Crippen molar-refractivity contribution in [1.29, 1.82) is 0 Å². The molecule has 1 aromatic heterocycles. The van der Waals surface area contributed by atoms with Gasteiger partial charge in [0.25, 0.3) is 0 Å². The molecule has 0 aliphatic carbocycles. The Balaban J connectivity index is 0.00000280. The van der Waals surface area contributed by atoms with Gasteiger partial charge in [-0.25, -0.2) is 0 Å². The van der Waals surface area contributed by atoms with Crippen LogP contribution in [0.2, 0.25) is 5.02 Å². The molecular weight excluding hydrogens is 401 g/mol. The first kappa shape index (κ1) is 22.2. The first-order valence-electron chi connectivity index (χ1n) is 8.80. The second-order valence-electron chi connectivity index (χ2n) is 6.67. The van der Waals surface area contributed by atoms with Crippen LogP contribution >= 0.6 is 24.0 Å². The summed E-state index contributed by atoms with van der Waals surface area (Å²) in [4.78, 5) is 12.4. The predicted octanol–water partition coefficient (Wildman–Crippen LogP) is 4.27. The van der Waals surface area contributed by atoms with Crippen LogP contribution in [0.15, 0.2) is 57.7 Å². The molecule has 7 heteroatoms. The molecule has 3 aromatic rings. The van der Waals surface area contributed by atoms with Gasteiger partial charge < -0.3 is 19.6 Å². The first-order chi connectivity index (χ1) is 12.9. The van der Waals surface area contributed by atoms with Crippen molar-refractivity contribution in [2.45, 2.75) is 26.0 Å². The van der Waals surface area contributed by atoms with Crippen molar-refractivity contribution in [2.24, 2.45) is 0 Å². The lowest BCUT2D eigenvalue weighted by Crippen LogP contribution is -2.35. The van der Waals surface area contributed by atoms with Crippen molar-refractivity contribution in [3.63, 3.8) is 0 Å². The number of aliphatic hydroxyl groups is 1. The summed E-state index contributed by atoms with van der Waals surface area (Å²) < 4.78 is 11.5. The zero-order valence-electron chi connectivity index (χ0n) is 15.6. The Morgan fingerprint density at radius 2 is 1.86 bits per heavy atom. The quantitative estimate of drug-likeness (QED) is 0.593. The molecule has 0 fully saturated rings. The molecule has 3 rings (SSSR count). The fourth-order valence-electron chi connectivity index (χ4n) is 2.60. The summed E-state index contributed by atoms with van der Waals surface area (Å²) in [5.41, 5.74) is 1.06. The second-order valence-corrected chi connectivity index (χ2v) is 7.10. The number of fused-ring (bicyclic) bond motifs is 1. The summed E-state index contributed by atoms with van der Waals surface area (Å²) in [5, 5.41) is 14.2. The number of hydrogen-bond donors (Lipinski definition) is 2. The van der Waals surface area contributed by atoms with Crippen molar-refractivity contribution in [1.82, 2.24) is 5.32 Å². The van der Waals surface area contributed by atoms with Crippen molar-refractivity contribution in [3.05, 3.63) is 63.8 Å². The highest BCUT2D eigenvalue weighted by molar-refractivity contribution is 6.30. The van der Waals surface area contributed by atoms with Gasteiger partial charge >= 0.3 is 0 Å². The molecule has 0 amide bonds. The molecule has 0 spiro atoms. The molecule has 28 heavy (non-hydrogen) atoms. The number of halogens is 2. The molecule has 2 N–H and O–H groups in total. The minimum Gasteiger partial charge on any atom is -0.491 e. The van der Waals surface area contributed by atoms with Gasteiger partial charge in [0.2, 0.25) is 0 Å². The summed E-state index contributed by atoms with van der Waals surface area (Å²) >= 11 is 5.91. The molecular formula is C21H23Cl2NO4. The van der Waals surface area contributed by atoms with Crippen LogP contribution in [-0.4, -0.2) is 30.4 Å². The van der Waals surface area contributed by atoms with E-state index < -0.39 is 6.10 Å². The molecule has 1 heterocycles. The van der Waals surface area contributed by atoms with Gasteiger partial charge in [0.15, 0.2) is 5.43 Å². The van der Waals surface area contributed by atoms with E-state index in [0.717, 1.165) is 5.56 Å². The van der Waals surface area contributed by atoms with Crippen LogP contribution in [-0.2, 0) is 0 Å². The summed E-state index contributed by atoms with van der Waals surface area (Å²) in [6.07, 6.45) is -0.629. The molecule has 5 nitrogen and oxygen atoms in total. The fraction of sp³-hybridized carbons (Fsp3) is 0.286. The molecule has 1 atom stereocenters. The van der Waals surface area contributed by atoms with E-state index in [2.05, 4.69) is 5.32 Å². The summed E-state index contributed by atoms with van der Waals surface area (Å²) in [6, 6.07) is 13.9. The van der Waals surface area contributed by atoms with Crippen LogP contribution in [0.4, 0.5) is 0 Å². The lowest BCUT2D eigenvalue weighted by atomic mass is 10.1. The third-order valence-corrected chi connectivity index (χ3v) is 4.29. The average Bonchev–Trinajstić information content (AvgIpc) is 2.65. The Kier molecular flexibility index (Phi) is 7.89. The van der Waals surface area contributed by atoms with E-state index in [1.807, 2.05) is 13.8 Å². The number of aliphatic hydroxyl groups excluding tert-OH is 1. The second kappa shape index (κ2) is 9.94. The zero-order valence-corrected chi connectivity index (χ0v) is 17.2. The van der Waals surface area contributed by atoms with E-state index in [0.29, 0.717) is 40.1 Å². The van der Waals surface area contributed by atoms with Crippen LogP contribution in [0.25, 0.3) is 22.3 Å². The fourth-order valence-corrected chi connectivity index (χ4v) is 2.73. The van der Waals surface area contributed by atoms with Gasteiger partial charge in [-0.3, -0.25) is 4.79 Å². The smallest absolute Gasteiger partial charge is 0.193 e. The van der Waals surface area contributed by atoms with E-state index in [-0.39, 0.29) is 24.4 Å². The van der Waals surface area contributed by atoms with Crippen molar-refractivity contribution >= 4 is 35.0 Å². The van der Waals surface area contributed by atoms with Gasteiger partial charge in [-0.1, -0.05) is 25.4 Å². The maximum atomic E-state index is 12.4.